The number of hydrogen-bond donors (Lipinski definition) is 1. The molecule has 1 aromatic heterocycles. The molecule has 0 amide bonds. The van der Waals surface area contributed by atoms with Gasteiger partial charge in [-0.15, -0.1) is 12.4 Å². The quantitative estimate of drug-likeness (QED) is 0.929. The van der Waals surface area contributed by atoms with Gasteiger partial charge in [0.1, 0.15) is 0 Å². The standard InChI is InChI=1S/C12H14FN3O.ClH/c1-16-6-5-10(15-16)12(14)8-3-4-11(17-2)9(13)7-8;/h3-7,12H,14H2,1-2H3;1H/t12-;/m1./s1. The van der Waals surface area contributed by atoms with Crippen molar-refractivity contribution in [3.63, 3.8) is 0 Å². The van der Waals surface area contributed by atoms with Crippen LogP contribution in [0.25, 0.3) is 0 Å². The summed E-state index contributed by atoms with van der Waals surface area (Å²) in [4.78, 5) is 0. The van der Waals surface area contributed by atoms with Gasteiger partial charge >= 0.3 is 0 Å². The fourth-order valence-corrected chi connectivity index (χ4v) is 1.65. The van der Waals surface area contributed by atoms with Crippen LogP contribution in [0.1, 0.15) is 17.3 Å². The average Bonchev–Trinajstić information content (AvgIpc) is 2.75. The second-order valence-electron chi connectivity index (χ2n) is 3.79. The van der Waals surface area contributed by atoms with E-state index >= 15 is 0 Å². The molecule has 2 aromatic rings. The van der Waals surface area contributed by atoms with Gasteiger partial charge in [0.05, 0.1) is 18.8 Å². The largest absolute Gasteiger partial charge is 0.494 e. The highest BCUT2D eigenvalue weighted by Gasteiger charge is 2.13. The smallest absolute Gasteiger partial charge is 0.165 e. The third kappa shape index (κ3) is 2.80. The van der Waals surface area contributed by atoms with E-state index in [9.17, 15) is 4.39 Å². The number of ether oxygens (including phenoxy) is 1. The first-order valence-corrected chi connectivity index (χ1v) is 5.20. The molecule has 0 unspecified atom stereocenters. The first-order chi connectivity index (χ1) is 8.11. The minimum atomic E-state index is -0.434. The summed E-state index contributed by atoms with van der Waals surface area (Å²) in [6.45, 7) is 0. The normalized spacial score (nSPS) is 11.8. The number of aryl methyl sites for hydroxylation is 1. The van der Waals surface area contributed by atoms with Crippen molar-refractivity contribution in [1.29, 1.82) is 0 Å². The number of rotatable bonds is 3. The Morgan fingerprint density at radius 3 is 2.61 bits per heavy atom. The first kappa shape index (κ1) is 14.5. The highest BCUT2D eigenvalue weighted by molar-refractivity contribution is 5.85. The van der Waals surface area contributed by atoms with Gasteiger partial charge in [-0.2, -0.15) is 5.10 Å². The lowest BCUT2D eigenvalue weighted by Gasteiger charge is -2.10. The van der Waals surface area contributed by atoms with Crippen LogP contribution in [-0.2, 0) is 7.05 Å². The fraction of sp³-hybridized carbons (Fsp3) is 0.250. The van der Waals surface area contributed by atoms with Crippen LogP contribution in [0.2, 0.25) is 0 Å². The Morgan fingerprint density at radius 2 is 2.11 bits per heavy atom. The van der Waals surface area contributed by atoms with Crippen LogP contribution >= 0.6 is 12.4 Å². The molecule has 0 aliphatic heterocycles. The summed E-state index contributed by atoms with van der Waals surface area (Å²) >= 11 is 0. The molecular weight excluding hydrogens is 257 g/mol. The summed E-state index contributed by atoms with van der Waals surface area (Å²) < 4.78 is 20.0. The molecule has 0 bridgehead atoms. The molecule has 0 fully saturated rings. The lowest BCUT2D eigenvalue weighted by atomic mass is 10.0. The highest BCUT2D eigenvalue weighted by atomic mass is 35.5. The zero-order valence-corrected chi connectivity index (χ0v) is 10.9. The van der Waals surface area contributed by atoms with Crippen molar-refractivity contribution in [2.45, 2.75) is 6.04 Å². The molecule has 0 aliphatic rings. The van der Waals surface area contributed by atoms with Gasteiger partial charge in [-0.05, 0) is 23.8 Å². The summed E-state index contributed by atoms with van der Waals surface area (Å²) in [6.07, 6.45) is 1.80. The fourth-order valence-electron chi connectivity index (χ4n) is 1.65. The average molecular weight is 272 g/mol. The van der Waals surface area contributed by atoms with Crippen LogP contribution in [0.15, 0.2) is 30.5 Å². The lowest BCUT2D eigenvalue weighted by Crippen LogP contribution is -2.13. The number of halogens is 2. The van der Waals surface area contributed by atoms with E-state index in [4.69, 9.17) is 10.5 Å². The van der Waals surface area contributed by atoms with Gasteiger partial charge in [-0.1, -0.05) is 6.07 Å². The molecule has 98 valence electrons. The Bertz CT molecular complexity index is 530. The number of hydrogen-bond acceptors (Lipinski definition) is 3. The van der Waals surface area contributed by atoms with Crippen LogP contribution in [0.5, 0.6) is 5.75 Å². The molecule has 1 heterocycles. The summed E-state index contributed by atoms with van der Waals surface area (Å²) in [5.41, 5.74) is 7.38. The van der Waals surface area contributed by atoms with Crippen molar-refractivity contribution < 1.29 is 9.13 Å². The molecule has 0 saturated heterocycles. The Kier molecular flexibility index (Phi) is 4.69. The van der Waals surface area contributed by atoms with Gasteiger partial charge in [0.25, 0.3) is 0 Å². The molecule has 2 N–H and O–H groups in total. The van der Waals surface area contributed by atoms with E-state index in [0.717, 1.165) is 0 Å². The molecule has 0 saturated carbocycles. The van der Waals surface area contributed by atoms with Crippen LogP contribution in [0.4, 0.5) is 4.39 Å². The van der Waals surface area contributed by atoms with E-state index in [1.54, 1.807) is 23.0 Å². The number of nitrogens with two attached hydrogens (primary N) is 1. The summed E-state index contributed by atoms with van der Waals surface area (Å²) in [5, 5.41) is 4.20. The van der Waals surface area contributed by atoms with E-state index in [0.29, 0.717) is 11.3 Å². The summed E-state index contributed by atoms with van der Waals surface area (Å²) in [7, 11) is 3.24. The SMILES string of the molecule is COc1ccc([C@@H](N)c2ccn(C)n2)cc1F.Cl. The maximum atomic E-state index is 13.5. The van der Waals surface area contributed by atoms with Gasteiger partial charge in [-0.25, -0.2) is 4.39 Å². The zero-order chi connectivity index (χ0) is 12.4. The van der Waals surface area contributed by atoms with Gasteiger partial charge in [-0.3, -0.25) is 4.68 Å². The third-order valence-corrected chi connectivity index (χ3v) is 2.59. The first-order valence-electron chi connectivity index (χ1n) is 5.20. The highest BCUT2D eigenvalue weighted by Crippen LogP contribution is 2.23. The van der Waals surface area contributed by atoms with Crippen LogP contribution in [-0.4, -0.2) is 16.9 Å². The predicted octanol–water partition coefficient (Wildman–Crippen LogP) is 2.04. The molecule has 2 rings (SSSR count). The number of methoxy groups -OCH3 is 1. The van der Waals surface area contributed by atoms with Gasteiger partial charge in [0, 0.05) is 13.2 Å². The maximum Gasteiger partial charge on any atom is 0.165 e. The number of benzene rings is 1. The van der Waals surface area contributed by atoms with E-state index < -0.39 is 11.9 Å². The molecule has 1 atom stereocenters. The van der Waals surface area contributed by atoms with Gasteiger partial charge in [0.15, 0.2) is 11.6 Å². The molecule has 18 heavy (non-hydrogen) atoms. The van der Waals surface area contributed by atoms with Crippen molar-refractivity contribution in [1.82, 2.24) is 9.78 Å². The molecular formula is C12H15ClFN3O. The van der Waals surface area contributed by atoms with Crippen molar-refractivity contribution in [2.24, 2.45) is 12.8 Å². The van der Waals surface area contributed by atoms with E-state index in [2.05, 4.69) is 5.10 Å². The summed E-state index contributed by atoms with van der Waals surface area (Å²) in [5.74, 6) is -0.210. The van der Waals surface area contributed by atoms with Crippen molar-refractivity contribution in [3.05, 3.63) is 47.5 Å². The minimum Gasteiger partial charge on any atom is -0.494 e. The monoisotopic (exact) mass is 271 g/mol. The van der Waals surface area contributed by atoms with Crippen LogP contribution < -0.4 is 10.5 Å². The zero-order valence-electron chi connectivity index (χ0n) is 10.1. The lowest BCUT2D eigenvalue weighted by molar-refractivity contribution is 0.386. The Hall–Kier alpha value is -1.59. The molecule has 0 radical (unpaired) electrons. The number of nitrogens with zero attached hydrogens (tertiary/aromatic N) is 2. The molecule has 1 aromatic carbocycles. The summed E-state index contributed by atoms with van der Waals surface area (Å²) in [6, 6.07) is 6.05. The third-order valence-electron chi connectivity index (χ3n) is 2.59. The van der Waals surface area contributed by atoms with Gasteiger partial charge in [0.2, 0.25) is 0 Å². The van der Waals surface area contributed by atoms with Crippen LogP contribution in [0.3, 0.4) is 0 Å². The number of aromatic nitrogens is 2. The van der Waals surface area contributed by atoms with E-state index in [1.807, 2.05) is 13.1 Å². The van der Waals surface area contributed by atoms with Gasteiger partial charge < -0.3 is 10.5 Å². The molecule has 0 spiro atoms. The minimum absolute atomic E-state index is 0. The van der Waals surface area contributed by atoms with E-state index in [1.165, 1.54) is 13.2 Å². The molecule has 4 nitrogen and oxygen atoms in total. The second kappa shape index (κ2) is 5.84. The molecule has 6 heteroatoms. The Morgan fingerprint density at radius 1 is 1.39 bits per heavy atom. The van der Waals surface area contributed by atoms with Crippen molar-refractivity contribution in [2.75, 3.05) is 7.11 Å². The maximum absolute atomic E-state index is 13.5. The predicted molar refractivity (Wildman–Crippen MR) is 69.4 cm³/mol. The van der Waals surface area contributed by atoms with Crippen molar-refractivity contribution in [3.8, 4) is 5.75 Å². The Labute approximate surface area is 111 Å². The second-order valence-corrected chi connectivity index (χ2v) is 3.79. The Balaban J connectivity index is 0.00000162. The van der Waals surface area contributed by atoms with Crippen molar-refractivity contribution >= 4 is 12.4 Å². The van der Waals surface area contributed by atoms with E-state index in [-0.39, 0.29) is 18.2 Å². The topological polar surface area (TPSA) is 53.1 Å². The van der Waals surface area contributed by atoms with Crippen LogP contribution in [0, 0.1) is 5.82 Å². The molecule has 0 aliphatic carbocycles.